The Kier molecular flexibility index (Phi) is 18.7. The van der Waals surface area contributed by atoms with Gasteiger partial charge in [-0.25, -0.2) is 0 Å². The van der Waals surface area contributed by atoms with E-state index < -0.39 is 47.8 Å². The van der Waals surface area contributed by atoms with E-state index in [1.54, 1.807) is 24.3 Å². The van der Waals surface area contributed by atoms with Crippen molar-refractivity contribution in [2.45, 2.75) is 173 Å². The predicted octanol–water partition coefficient (Wildman–Crippen LogP) is 18.2. The van der Waals surface area contributed by atoms with Crippen LogP contribution in [0, 0.1) is 0 Å². The molecule has 0 radical (unpaired) electrons. The van der Waals surface area contributed by atoms with Crippen molar-refractivity contribution in [3.63, 3.8) is 0 Å². The van der Waals surface area contributed by atoms with Crippen LogP contribution in [0.1, 0.15) is 189 Å². The van der Waals surface area contributed by atoms with Gasteiger partial charge in [0, 0.05) is 114 Å². The highest BCUT2D eigenvalue weighted by molar-refractivity contribution is 7.87. The first-order valence-corrected chi connectivity index (χ1v) is 34.3. The minimum Gasteiger partial charge on any atom is -0.493 e. The topological polar surface area (TPSA) is 112 Å². The molecule has 1 aliphatic rings. The third kappa shape index (κ3) is 13.9. The number of rotatable bonds is 16. The summed E-state index contributed by atoms with van der Waals surface area (Å²) in [5.74, 6) is 1.14. The maximum Gasteiger partial charge on any atom is 0.339 e. The number of ether oxygens (including phenoxy) is 2. The van der Waals surface area contributed by atoms with Gasteiger partial charge in [0.15, 0.2) is 0 Å². The molecule has 89 heavy (non-hydrogen) atoms. The SMILES string of the molecule is C=CCC1c2cc(C(C)(C)C)cc(c2OCCC)Cc2cc(C(C)(C)C)cc(c2OS(=O)(=O)c2cccc3c(N(C)C)cccc23)Cc2cc(C(C)(C)C)cc(c2OCCC)Cc2cc(C(C)(C)C)cc1c2OS(=O)(=O)c1cccc2c(N(C)C)cccc12. The molecule has 8 aromatic carbocycles. The highest BCUT2D eigenvalue weighted by atomic mass is 32.2. The fourth-order valence-electron chi connectivity index (χ4n) is 12.2. The second kappa shape index (κ2) is 25.2. The van der Waals surface area contributed by atoms with Crippen molar-refractivity contribution >= 4 is 53.2 Å². The zero-order valence-corrected chi connectivity index (χ0v) is 57.7. The molecule has 0 amide bonds. The average Bonchev–Trinajstić information content (AvgIpc) is 0.788. The Morgan fingerprint density at radius 2 is 0.753 bits per heavy atom. The van der Waals surface area contributed by atoms with Crippen molar-refractivity contribution in [1.82, 2.24) is 0 Å². The van der Waals surface area contributed by atoms with E-state index in [1.165, 1.54) is 0 Å². The van der Waals surface area contributed by atoms with Gasteiger partial charge in [-0.05, 0) is 104 Å². The van der Waals surface area contributed by atoms with Crippen molar-refractivity contribution < 1.29 is 34.7 Å². The second-order valence-corrected chi connectivity index (χ2v) is 31.8. The van der Waals surface area contributed by atoms with Crippen LogP contribution in [0.15, 0.2) is 144 Å². The first kappa shape index (κ1) is 66.1. The van der Waals surface area contributed by atoms with Gasteiger partial charge in [-0.15, -0.1) is 6.58 Å². The van der Waals surface area contributed by atoms with Gasteiger partial charge in [0.2, 0.25) is 0 Å². The van der Waals surface area contributed by atoms with Crippen molar-refractivity contribution in [2.24, 2.45) is 0 Å². The van der Waals surface area contributed by atoms with E-state index in [1.807, 2.05) is 92.6 Å². The summed E-state index contributed by atoms with van der Waals surface area (Å²) in [5.41, 5.74) is 10.1. The van der Waals surface area contributed by atoms with Gasteiger partial charge < -0.3 is 27.6 Å². The molecule has 0 saturated heterocycles. The largest absolute Gasteiger partial charge is 0.493 e. The molecule has 0 aromatic heterocycles. The number of fused-ring (bicyclic) bond motifs is 10. The highest BCUT2D eigenvalue weighted by Gasteiger charge is 2.36. The molecule has 8 bridgehead atoms. The van der Waals surface area contributed by atoms with Crippen LogP contribution in [0.3, 0.4) is 0 Å². The molecule has 1 atom stereocenters. The minimum absolute atomic E-state index is 0.0560. The summed E-state index contributed by atoms with van der Waals surface area (Å²) in [7, 11) is -1.38. The zero-order chi connectivity index (χ0) is 64.9. The number of anilines is 2. The Morgan fingerprint density at radius 3 is 1.12 bits per heavy atom. The fourth-order valence-corrected chi connectivity index (χ4v) is 14.6. The molecule has 0 aliphatic heterocycles. The molecule has 8 aromatic rings. The lowest BCUT2D eigenvalue weighted by Gasteiger charge is -2.31. The van der Waals surface area contributed by atoms with Gasteiger partial charge in [-0.3, -0.25) is 0 Å². The van der Waals surface area contributed by atoms with E-state index in [0.717, 1.165) is 66.7 Å². The number of allylic oxidation sites excluding steroid dienone is 1. The lowest BCUT2D eigenvalue weighted by Crippen LogP contribution is -2.20. The Hall–Kier alpha value is -7.28. The lowest BCUT2D eigenvalue weighted by atomic mass is 9.76. The third-order valence-corrected chi connectivity index (χ3v) is 19.7. The van der Waals surface area contributed by atoms with Crippen molar-refractivity contribution in [3.05, 3.63) is 201 Å². The minimum atomic E-state index is -4.61. The van der Waals surface area contributed by atoms with Crippen LogP contribution in [-0.4, -0.2) is 58.2 Å². The Morgan fingerprint density at radius 1 is 0.438 bits per heavy atom. The summed E-state index contributed by atoms with van der Waals surface area (Å²) in [6, 6.07) is 39.5. The van der Waals surface area contributed by atoms with Crippen LogP contribution in [0.5, 0.6) is 23.0 Å². The van der Waals surface area contributed by atoms with E-state index >= 15 is 16.8 Å². The molecular formula is C77H94N2O8S2. The van der Waals surface area contributed by atoms with Crippen LogP contribution >= 0.6 is 0 Å². The molecule has 0 saturated carbocycles. The summed E-state index contributed by atoms with van der Waals surface area (Å²) in [6.07, 6.45) is 4.27. The molecule has 9 rings (SSSR count). The van der Waals surface area contributed by atoms with E-state index in [-0.39, 0.29) is 40.6 Å². The van der Waals surface area contributed by atoms with Crippen LogP contribution < -0.4 is 27.6 Å². The predicted molar refractivity (Wildman–Crippen MR) is 369 cm³/mol. The van der Waals surface area contributed by atoms with Gasteiger partial charge in [0.25, 0.3) is 0 Å². The van der Waals surface area contributed by atoms with Crippen molar-refractivity contribution in [1.29, 1.82) is 0 Å². The normalized spacial score (nSPS) is 14.2. The first-order chi connectivity index (χ1) is 41.7. The second-order valence-electron chi connectivity index (χ2n) is 28.8. The molecule has 0 spiro atoms. The summed E-state index contributed by atoms with van der Waals surface area (Å²) >= 11 is 0. The summed E-state index contributed by atoms with van der Waals surface area (Å²) in [5, 5.41) is 2.66. The number of hydrogen-bond acceptors (Lipinski definition) is 10. The van der Waals surface area contributed by atoms with Crippen LogP contribution in [0.2, 0.25) is 0 Å². The molecule has 0 fully saturated rings. The summed E-state index contributed by atoms with van der Waals surface area (Å²) in [4.78, 5) is 4.09. The average molecular weight is 1240 g/mol. The third-order valence-electron chi connectivity index (χ3n) is 17.1. The van der Waals surface area contributed by atoms with E-state index in [0.29, 0.717) is 77.0 Å². The summed E-state index contributed by atoms with van der Waals surface area (Å²) in [6.45, 7) is 35.5. The number of nitrogens with zero attached hydrogens (tertiary/aromatic N) is 2. The maximum atomic E-state index is 15.8. The van der Waals surface area contributed by atoms with Crippen molar-refractivity contribution in [3.8, 4) is 23.0 Å². The molecule has 1 aliphatic carbocycles. The number of benzene rings is 8. The monoisotopic (exact) mass is 1240 g/mol. The Balaban J connectivity index is 1.46. The quantitative estimate of drug-likeness (QED) is 0.0685. The summed E-state index contributed by atoms with van der Waals surface area (Å²) < 4.78 is 91.3. The maximum absolute atomic E-state index is 15.8. The Labute approximate surface area is 532 Å². The zero-order valence-electron chi connectivity index (χ0n) is 56.0. The first-order valence-electron chi connectivity index (χ1n) is 31.5. The molecule has 472 valence electrons. The van der Waals surface area contributed by atoms with Gasteiger partial charge in [0.05, 0.1) is 13.2 Å². The fraction of sp³-hybridized carbons (Fsp3) is 0.403. The van der Waals surface area contributed by atoms with Gasteiger partial charge in [0.1, 0.15) is 32.8 Å². The van der Waals surface area contributed by atoms with E-state index in [2.05, 4.69) is 152 Å². The molecular weight excluding hydrogens is 1140 g/mol. The van der Waals surface area contributed by atoms with Crippen LogP contribution in [-0.2, 0) is 61.2 Å². The molecule has 0 N–H and O–H groups in total. The molecule has 10 nitrogen and oxygen atoms in total. The van der Waals surface area contributed by atoms with E-state index in [9.17, 15) is 0 Å². The molecule has 0 heterocycles. The lowest BCUT2D eigenvalue weighted by molar-refractivity contribution is 0.309. The van der Waals surface area contributed by atoms with E-state index in [4.69, 9.17) is 17.8 Å². The van der Waals surface area contributed by atoms with Gasteiger partial charge in [-0.2, -0.15) is 16.8 Å². The number of hydrogen-bond donors (Lipinski definition) is 0. The Bertz CT molecular complexity index is 4230. The smallest absolute Gasteiger partial charge is 0.339 e. The highest BCUT2D eigenvalue weighted by Crippen LogP contribution is 2.50. The molecule has 12 heteroatoms. The van der Waals surface area contributed by atoms with Gasteiger partial charge >= 0.3 is 20.2 Å². The van der Waals surface area contributed by atoms with Gasteiger partial charge in [-0.1, -0.05) is 200 Å². The standard InChI is InChI=1S/C77H94N2O8S2/c1-20-27-59-64-47-57(76(10,11)12)45-53(72(64)85-37-22-3)40-52-44-56(75(7,8)9)43-51(71(52)86-88(80,81)68-34-25-28-60-62(68)30-23-32-66(60)78(16)17)38-49-41-55(74(4,5)6)42-50(70(49)84-36-21-2)39-54-46-58(77(13,14)15)48-65(59)73(54)87-89(82,83)69-35-26-29-61-63(69)31-24-33-67(61)79(18)19/h20,23-26,28-35,41-48,59H,1,21-22,27,36-40H2,2-19H3. The van der Waals surface area contributed by atoms with Crippen LogP contribution in [0.4, 0.5) is 11.4 Å². The van der Waals surface area contributed by atoms with Crippen LogP contribution in [0.25, 0.3) is 21.5 Å². The molecule has 1 unspecified atom stereocenters. The van der Waals surface area contributed by atoms with Crippen molar-refractivity contribution in [2.75, 3.05) is 51.2 Å².